The fourth-order valence-electron chi connectivity index (χ4n) is 3.86. The van der Waals surface area contributed by atoms with Crippen molar-refractivity contribution in [3.05, 3.63) is 72.1 Å². The summed E-state index contributed by atoms with van der Waals surface area (Å²) in [5.74, 6) is 0.935. The van der Waals surface area contributed by atoms with Crippen LogP contribution in [0.2, 0.25) is 5.15 Å². The lowest BCUT2D eigenvalue weighted by Gasteiger charge is -2.34. The maximum absolute atomic E-state index is 11.6. The van der Waals surface area contributed by atoms with Crippen molar-refractivity contribution in [3.63, 3.8) is 0 Å². The standard InChI is InChI=1S/C25H23ClN6OS/c1-17(33)31-9-11-32(12-10-31)24-16-27-21-8-7-18(13-22(21)29-24)19-14-23(25(26)28-15-19)30-34-20-5-3-2-4-6-20/h2-8,13-16,30H,9-12H2,1H3. The molecule has 1 fully saturated rings. The van der Waals surface area contributed by atoms with Gasteiger partial charge in [0.05, 0.1) is 22.9 Å². The highest BCUT2D eigenvalue weighted by atomic mass is 35.5. The number of halogens is 1. The molecule has 34 heavy (non-hydrogen) atoms. The highest BCUT2D eigenvalue weighted by molar-refractivity contribution is 8.00. The van der Waals surface area contributed by atoms with Crippen LogP contribution in [0.15, 0.2) is 71.9 Å². The Morgan fingerprint density at radius 3 is 2.50 bits per heavy atom. The minimum absolute atomic E-state index is 0.112. The highest BCUT2D eigenvalue weighted by Crippen LogP contribution is 2.31. The molecule has 4 aromatic rings. The van der Waals surface area contributed by atoms with Crippen molar-refractivity contribution in [3.8, 4) is 11.1 Å². The van der Waals surface area contributed by atoms with E-state index in [0.29, 0.717) is 18.2 Å². The Hall–Kier alpha value is -3.36. The van der Waals surface area contributed by atoms with Gasteiger partial charge in [-0.2, -0.15) is 0 Å². The Bertz CT molecular complexity index is 1330. The van der Waals surface area contributed by atoms with E-state index in [0.717, 1.165) is 51.7 Å². The zero-order valence-corrected chi connectivity index (χ0v) is 20.2. The van der Waals surface area contributed by atoms with Gasteiger partial charge in [0, 0.05) is 49.8 Å². The van der Waals surface area contributed by atoms with Crippen molar-refractivity contribution >= 4 is 52.0 Å². The smallest absolute Gasteiger partial charge is 0.219 e. The molecule has 3 heterocycles. The Kier molecular flexibility index (Phi) is 6.51. The third kappa shape index (κ3) is 4.93. The first kappa shape index (κ1) is 22.4. The van der Waals surface area contributed by atoms with Crippen LogP contribution in [0.4, 0.5) is 11.5 Å². The number of amides is 1. The van der Waals surface area contributed by atoms with Crippen LogP contribution < -0.4 is 9.62 Å². The average molecular weight is 491 g/mol. The largest absolute Gasteiger partial charge is 0.352 e. The average Bonchev–Trinajstić information content (AvgIpc) is 2.88. The fraction of sp³-hybridized carbons (Fsp3) is 0.200. The van der Waals surface area contributed by atoms with Gasteiger partial charge in [-0.25, -0.2) is 9.97 Å². The Morgan fingerprint density at radius 2 is 1.74 bits per heavy atom. The molecule has 2 aromatic heterocycles. The zero-order valence-electron chi connectivity index (χ0n) is 18.6. The van der Waals surface area contributed by atoms with Crippen LogP contribution in [-0.4, -0.2) is 51.9 Å². The van der Waals surface area contributed by atoms with Crippen molar-refractivity contribution < 1.29 is 4.79 Å². The molecule has 0 spiro atoms. The maximum atomic E-state index is 11.6. The Balaban J connectivity index is 1.38. The maximum Gasteiger partial charge on any atom is 0.219 e. The number of pyridine rings is 1. The van der Waals surface area contributed by atoms with E-state index in [1.165, 1.54) is 11.9 Å². The quantitative estimate of drug-likeness (QED) is 0.307. The summed E-state index contributed by atoms with van der Waals surface area (Å²) >= 11 is 7.83. The predicted octanol–water partition coefficient (Wildman–Crippen LogP) is 5.13. The van der Waals surface area contributed by atoms with Crippen molar-refractivity contribution in [2.75, 3.05) is 35.8 Å². The number of piperazine rings is 1. The molecule has 1 N–H and O–H groups in total. The van der Waals surface area contributed by atoms with Crippen LogP contribution in [0.25, 0.3) is 22.2 Å². The number of carbonyl (C=O) groups is 1. The number of anilines is 2. The topological polar surface area (TPSA) is 74.2 Å². The number of rotatable bonds is 5. The van der Waals surface area contributed by atoms with E-state index in [9.17, 15) is 4.79 Å². The second-order valence-electron chi connectivity index (χ2n) is 8.00. The lowest BCUT2D eigenvalue weighted by atomic mass is 10.1. The van der Waals surface area contributed by atoms with E-state index in [2.05, 4.69) is 19.6 Å². The molecule has 0 unspecified atom stereocenters. The lowest BCUT2D eigenvalue weighted by Crippen LogP contribution is -2.48. The van der Waals surface area contributed by atoms with Crippen molar-refractivity contribution in [2.24, 2.45) is 0 Å². The lowest BCUT2D eigenvalue weighted by molar-refractivity contribution is -0.129. The minimum Gasteiger partial charge on any atom is -0.352 e. The first-order chi connectivity index (χ1) is 16.6. The van der Waals surface area contributed by atoms with Crippen LogP contribution in [0.5, 0.6) is 0 Å². The molecule has 0 bridgehead atoms. The normalized spacial score (nSPS) is 13.8. The van der Waals surface area contributed by atoms with Gasteiger partial charge < -0.3 is 14.5 Å². The van der Waals surface area contributed by atoms with Gasteiger partial charge in [0.15, 0.2) is 5.15 Å². The van der Waals surface area contributed by atoms with Crippen molar-refractivity contribution in [2.45, 2.75) is 11.8 Å². The molecular weight excluding hydrogens is 468 g/mol. The summed E-state index contributed by atoms with van der Waals surface area (Å²) < 4.78 is 3.30. The molecule has 1 amide bonds. The minimum atomic E-state index is 0.112. The predicted molar refractivity (Wildman–Crippen MR) is 138 cm³/mol. The molecule has 7 nitrogen and oxygen atoms in total. The molecule has 9 heteroatoms. The van der Waals surface area contributed by atoms with E-state index in [1.54, 1.807) is 19.3 Å². The van der Waals surface area contributed by atoms with Crippen LogP contribution in [0, 0.1) is 0 Å². The summed E-state index contributed by atoms with van der Waals surface area (Å²) in [5.41, 5.74) is 4.31. The van der Waals surface area contributed by atoms with Gasteiger partial charge in [0.25, 0.3) is 0 Å². The summed E-state index contributed by atoms with van der Waals surface area (Å²) in [6.45, 7) is 4.49. The number of nitrogens with one attached hydrogen (secondary N) is 1. The van der Waals surface area contributed by atoms with E-state index in [4.69, 9.17) is 16.6 Å². The van der Waals surface area contributed by atoms with Crippen LogP contribution >= 0.6 is 23.5 Å². The molecule has 172 valence electrons. The van der Waals surface area contributed by atoms with Gasteiger partial charge in [0.2, 0.25) is 5.91 Å². The number of carbonyl (C=O) groups excluding carboxylic acids is 1. The SMILES string of the molecule is CC(=O)N1CCN(c2cnc3ccc(-c4cnc(Cl)c(NSc5ccccc5)c4)cc3n2)CC1. The van der Waals surface area contributed by atoms with Gasteiger partial charge in [-0.3, -0.25) is 9.78 Å². The molecule has 1 saturated heterocycles. The molecule has 1 aliphatic heterocycles. The van der Waals surface area contributed by atoms with Crippen LogP contribution in [-0.2, 0) is 4.79 Å². The summed E-state index contributed by atoms with van der Waals surface area (Å²) in [6, 6.07) is 18.0. The van der Waals surface area contributed by atoms with Crippen LogP contribution in [0.3, 0.4) is 0 Å². The van der Waals surface area contributed by atoms with Crippen LogP contribution in [0.1, 0.15) is 6.92 Å². The molecule has 0 aliphatic carbocycles. The summed E-state index contributed by atoms with van der Waals surface area (Å²) in [4.78, 5) is 30.6. The number of aromatic nitrogens is 3. The molecule has 5 rings (SSSR count). The Morgan fingerprint density at radius 1 is 0.941 bits per heavy atom. The molecule has 1 aliphatic rings. The first-order valence-corrected chi connectivity index (χ1v) is 12.2. The van der Waals surface area contributed by atoms with Gasteiger partial charge >= 0.3 is 0 Å². The molecule has 0 saturated carbocycles. The van der Waals surface area contributed by atoms with E-state index >= 15 is 0 Å². The zero-order chi connectivity index (χ0) is 23.5. The summed E-state index contributed by atoms with van der Waals surface area (Å²) in [7, 11) is 0. The number of nitrogens with zero attached hydrogens (tertiary/aromatic N) is 5. The number of benzene rings is 2. The van der Waals surface area contributed by atoms with Gasteiger partial charge in [0.1, 0.15) is 5.82 Å². The van der Waals surface area contributed by atoms with Gasteiger partial charge in [-0.1, -0.05) is 35.9 Å². The van der Waals surface area contributed by atoms with E-state index < -0.39 is 0 Å². The second-order valence-corrected chi connectivity index (χ2v) is 9.24. The molecule has 2 aromatic carbocycles. The summed E-state index contributed by atoms with van der Waals surface area (Å²) in [6.07, 6.45) is 3.57. The molecular formula is C25H23ClN6OS. The van der Waals surface area contributed by atoms with E-state index in [-0.39, 0.29) is 5.91 Å². The number of fused-ring (bicyclic) bond motifs is 1. The molecule has 0 atom stereocenters. The van der Waals surface area contributed by atoms with Gasteiger partial charge in [-0.05, 0) is 47.8 Å². The summed E-state index contributed by atoms with van der Waals surface area (Å²) in [5, 5.41) is 0.416. The second kappa shape index (κ2) is 9.87. The van der Waals surface area contributed by atoms with Crippen molar-refractivity contribution in [1.29, 1.82) is 0 Å². The number of hydrogen-bond acceptors (Lipinski definition) is 7. The molecule has 0 radical (unpaired) electrons. The third-order valence-corrected chi connectivity index (χ3v) is 6.90. The Labute approximate surface area is 207 Å². The number of hydrogen-bond donors (Lipinski definition) is 1. The van der Waals surface area contributed by atoms with Gasteiger partial charge in [-0.15, -0.1) is 0 Å². The van der Waals surface area contributed by atoms with E-state index in [1.807, 2.05) is 59.5 Å². The fourth-order valence-corrected chi connectivity index (χ4v) is 4.75. The first-order valence-electron chi connectivity index (χ1n) is 11.0. The van der Waals surface area contributed by atoms with Crippen molar-refractivity contribution in [1.82, 2.24) is 19.9 Å². The monoisotopic (exact) mass is 490 g/mol. The third-order valence-electron chi connectivity index (χ3n) is 5.77. The highest BCUT2D eigenvalue weighted by Gasteiger charge is 2.20.